The molecule has 3 aromatic rings. The van der Waals surface area contributed by atoms with Crippen molar-refractivity contribution >= 4 is 43.3 Å². The number of hydrogen-bond donors (Lipinski definition) is 1. The Morgan fingerprint density at radius 1 is 1.10 bits per heavy atom. The Labute approximate surface area is 129 Å². The molecule has 4 heteroatoms. The van der Waals surface area contributed by atoms with Gasteiger partial charge in [-0.1, -0.05) is 46.3 Å². The number of nitrogens with one attached hydrogen (secondary N) is 1. The number of fused-ring (bicyclic) bond motifs is 1. The standard InChI is InChI=1S/C16H12BrNOS/c17-13-6-7-14-12(8-13)9-15(20-14)16(19)18-10-11-4-2-1-3-5-11/h1-9H,10H2,(H,18,19). The molecule has 1 aromatic heterocycles. The van der Waals surface area contributed by atoms with Crippen LogP contribution in [-0.2, 0) is 6.54 Å². The summed E-state index contributed by atoms with van der Waals surface area (Å²) in [6, 6.07) is 17.9. The Morgan fingerprint density at radius 3 is 2.70 bits per heavy atom. The highest BCUT2D eigenvalue weighted by molar-refractivity contribution is 9.10. The molecular weight excluding hydrogens is 334 g/mol. The highest BCUT2D eigenvalue weighted by Gasteiger charge is 2.10. The van der Waals surface area contributed by atoms with Crippen LogP contribution in [0.25, 0.3) is 10.1 Å². The number of amides is 1. The van der Waals surface area contributed by atoms with Gasteiger partial charge in [-0.2, -0.15) is 0 Å². The number of carbonyl (C=O) groups is 1. The zero-order chi connectivity index (χ0) is 13.9. The van der Waals surface area contributed by atoms with Crippen LogP contribution in [-0.4, -0.2) is 5.91 Å². The highest BCUT2D eigenvalue weighted by atomic mass is 79.9. The molecule has 0 saturated carbocycles. The lowest BCUT2D eigenvalue weighted by Crippen LogP contribution is -2.21. The monoisotopic (exact) mass is 345 g/mol. The lowest BCUT2D eigenvalue weighted by molar-refractivity contribution is 0.0955. The second kappa shape index (κ2) is 5.77. The summed E-state index contributed by atoms with van der Waals surface area (Å²) in [5, 5.41) is 4.04. The van der Waals surface area contributed by atoms with E-state index >= 15 is 0 Å². The Morgan fingerprint density at radius 2 is 1.90 bits per heavy atom. The third kappa shape index (κ3) is 2.92. The summed E-state index contributed by atoms with van der Waals surface area (Å²) in [5.41, 5.74) is 1.10. The van der Waals surface area contributed by atoms with Gasteiger partial charge in [0.2, 0.25) is 0 Å². The zero-order valence-electron chi connectivity index (χ0n) is 10.6. The lowest BCUT2D eigenvalue weighted by Gasteiger charge is -2.02. The van der Waals surface area contributed by atoms with E-state index in [1.54, 1.807) is 0 Å². The number of carbonyl (C=O) groups excluding carboxylic acids is 1. The van der Waals surface area contributed by atoms with E-state index in [9.17, 15) is 4.79 Å². The van der Waals surface area contributed by atoms with Crippen LogP contribution in [0.2, 0.25) is 0 Å². The van der Waals surface area contributed by atoms with E-state index in [-0.39, 0.29) is 5.91 Å². The van der Waals surface area contributed by atoms with Gasteiger partial charge >= 0.3 is 0 Å². The maximum Gasteiger partial charge on any atom is 0.261 e. The molecule has 0 atom stereocenters. The van der Waals surface area contributed by atoms with E-state index in [4.69, 9.17) is 0 Å². The first kappa shape index (κ1) is 13.3. The van der Waals surface area contributed by atoms with Gasteiger partial charge in [-0.3, -0.25) is 4.79 Å². The molecule has 0 aliphatic heterocycles. The summed E-state index contributed by atoms with van der Waals surface area (Å²) >= 11 is 4.96. The quantitative estimate of drug-likeness (QED) is 0.738. The van der Waals surface area contributed by atoms with Gasteiger partial charge in [0.05, 0.1) is 4.88 Å². The van der Waals surface area contributed by atoms with E-state index < -0.39 is 0 Å². The molecule has 0 bridgehead atoms. The second-order valence-corrected chi connectivity index (χ2v) is 6.46. The van der Waals surface area contributed by atoms with Gasteiger partial charge < -0.3 is 5.32 Å². The SMILES string of the molecule is O=C(NCc1ccccc1)c1cc2cc(Br)ccc2s1. The van der Waals surface area contributed by atoms with E-state index in [1.807, 2.05) is 54.6 Å². The number of halogens is 1. The Hall–Kier alpha value is -1.65. The van der Waals surface area contributed by atoms with Crippen LogP contribution < -0.4 is 5.32 Å². The van der Waals surface area contributed by atoms with Crippen molar-refractivity contribution in [3.63, 3.8) is 0 Å². The first-order valence-corrected chi connectivity index (χ1v) is 7.84. The van der Waals surface area contributed by atoms with Crippen molar-refractivity contribution in [1.29, 1.82) is 0 Å². The average Bonchev–Trinajstić information content (AvgIpc) is 2.89. The summed E-state index contributed by atoms with van der Waals surface area (Å²) in [7, 11) is 0. The van der Waals surface area contributed by atoms with Gasteiger partial charge in [-0.05, 0) is 35.2 Å². The van der Waals surface area contributed by atoms with Crippen molar-refractivity contribution in [1.82, 2.24) is 5.32 Å². The molecule has 0 saturated heterocycles. The van der Waals surface area contributed by atoms with E-state index in [1.165, 1.54) is 11.3 Å². The van der Waals surface area contributed by atoms with Crippen LogP contribution in [0.5, 0.6) is 0 Å². The predicted octanol–water partition coefficient (Wildman–Crippen LogP) is 4.59. The molecule has 0 unspecified atom stereocenters. The molecule has 20 heavy (non-hydrogen) atoms. The summed E-state index contributed by atoms with van der Waals surface area (Å²) in [6.07, 6.45) is 0. The number of rotatable bonds is 3. The normalized spacial score (nSPS) is 10.7. The maximum absolute atomic E-state index is 12.2. The third-order valence-corrected chi connectivity index (χ3v) is 4.61. The predicted molar refractivity (Wildman–Crippen MR) is 87.1 cm³/mol. The van der Waals surface area contributed by atoms with Crippen molar-refractivity contribution in [2.24, 2.45) is 0 Å². The molecule has 0 aliphatic carbocycles. The molecule has 0 spiro atoms. The molecule has 0 radical (unpaired) electrons. The average molecular weight is 346 g/mol. The molecule has 2 nitrogen and oxygen atoms in total. The molecule has 0 aliphatic rings. The molecule has 2 aromatic carbocycles. The van der Waals surface area contributed by atoms with Crippen molar-refractivity contribution in [3.05, 3.63) is 69.5 Å². The van der Waals surface area contributed by atoms with Crippen molar-refractivity contribution in [3.8, 4) is 0 Å². The molecule has 1 amide bonds. The molecule has 0 fully saturated rings. The second-order valence-electron chi connectivity index (χ2n) is 4.46. The third-order valence-electron chi connectivity index (χ3n) is 3.00. The smallest absolute Gasteiger partial charge is 0.261 e. The molecule has 1 N–H and O–H groups in total. The van der Waals surface area contributed by atoms with Gasteiger partial charge in [-0.25, -0.2) is 0 Å². The van der Waals surface area contributed by atoms with Crippen LogP contribution in [0.4, 0.5) is 0 Å². The Bertz CT molecular complexity index is 752. The summed E-state index contributed by atoms with van der Waals surface area (Å²) in [4.78, 5) is 12.9. The highest BCUT2D eigenvalue weighted by Crippen LogP contribution is 2.28. The van der Waals surface area contributed by atoms with Gasteiger partial charge in [0.25, 0.3) is 5.91 Å². The first-order chi connectivity index (χ1) is 9.72. The number of hydrogen-bond acceptors (Lipinski definition) is 2. The van der Waals surface area contributed by atoms with Crippen molar-refractivity contribution in [2.75, 3.05) is 0 Å². The largest absolute Gasteiger partial charge is 0.347 e. The Balaban J connectivity index is 1.75. The van der Waals surface area contributed by atoms with Gasteiger partial charge in [0.1, 0.15) is 0 Å². The topological polar surface area (TPSA) is 29.1 Å². The van der Waals surface area contributed by atoms with Crippen LogP contribution in [0.1, 0.15) is 15.2 Å². The fraction of sp³-hybridized carbons (Fsp3) is 0.0625. The minimum absolute atomic E-state index is 0.0221. The summed E-state index contributed by atoms with van der Waals surface area (Å²) in [6.45, 7) is 0.553. The lowest BCUT2D eigenvalue weighted by atomic mass is 10.2. The zero-order valence-corrected chi connectivity index (χ0v) is 13.0. The van der Waals surface area contributed by atoms with Crippen LogP contribution in [0.15, 0.2) is 59.1 Å². The fourth-order valence-corrected chi connectivity index (χ4v) is 3.33. The summed E-state index contributed by atoms with van der Waals surface area (Å²) < 4.78 is 2.15. The fourth-order valence-electron chi connectivity index (χ4n) is 1.99. The minimum Gasteiger partial charge on any atom is -0.347 e. The van der Waals surface area contributed by atoms with Crippen molar-refractivity contribution in [2.45, 2.75) is 6.54 Å². The first-order valence-electron chi connectivity index (χ1n) is 6.23. The van der Waals surface area contributed by atoms with E-state index in [2.05, 4.69) is 21.2 Å². The number of thiophene rings is 1. The molecular formula is C16H12BrNOS. The van der Waals surface area contributed by atoms with Crippen LogP contribution in [0, 0.1) is 0 Å². The van der Waals surface area contributed by atoms with Crippen LogP contribution >= 0.6 is 27.3 Å². The summed E-state index contributed by atoms with van der Waals surface area (Å²) in [5.74, 6) is -0.0221. The van der Waals surface area contributed by atoms with E-state index in [0.717, 1.165) is 25.0 Å². The van der Waals surface area contributed by atoms with Gasteiger partial charge in [0, 0.05) is 15.7 Å². The Kier molecular flexibility index (Phi) is 3.85. The minimum atomic E-state index is -0.0221. The van der Waals surface area contributed by atoms with Gasteiger partial charge in [-0.15, -0.1) is 11.3 Å². The van der Waals surface area contributed by atoms with Gasteiger partial charge in [0.15, 0.2) is 0 Å². The van der Waals surface area contributed by atoms with Crippen molar-refractivity contribution < 1.29 is 4.79 Å². The maximum atomic E-state index is 12.2. The van der Waals surface area contributed by atoms with E-state index in [0.29, 0.717) is 6.54 Å². The van der Waals surface area contributed by atoms with Crippen LogP contribution in [0.3, 0.4) is 0 Å². The molecule has 3 rings (SSSR count). The molecule has 100 valence electrons. The number of benzene rings is 2. The molecule has 1 heterocycles.